The number of ether oxygens (including phenoxy) is 1. The average molecular weight is 475 g/mol. The second-order valence-corrected chi connectivity index (χ2v) is 8.16. The fourth-order valence-corrected chi connectivity index (χ4v) is 3.89. The summed E-state index contributed by atoms with van der Waals surface area (Å²) in [6.45, 7) is 2.71. The number of pyridine rings is 1. The van der Waals surface area contributed by atoms with E-state index in [1.54, 1.807) is 19.4 Å². The molecule has 0 aliphatic heterocycles. The van der Waals surface area contributed by atoms with Crippen molar-refractivity contribution in [1.29, 1.82) is 0 Å². The Kier molecular flexibility index (Phi) is 5.97. The highest BCUT2D eigenvalue weighted by Crippen LogP contribution is 2.29. The molecule has 2 aromatic heterocycles. The van der Waals surface area contributed by atoms with Gasteiger partial charge in [-0.15, -0.1) is 0 Å². The lowest BCUT2D eigenvalue weighted by Gasteiger charge is -2.15. The summed E-state index contributed by atoms with van der Waals surface area (Å²) < 4.78 is 36.3. The van der Waals surface area contributed by atoms with Crippen molar-refractivity contribution in [3.63, 3.8) is 0 Å². The van der Waals surface area contributed by atoms with Crippen molar-refractivity contribution in [2.75, 3.05) is 6.61 Å². The first-order chi connectivity index (χ1) is 14.4. The van der Waals surface area contributed by atoms with Gasteiger partial charge in [-0.05, 0) is 44.0 Å². The van der Waals surface area contributed by atoms with Crippen molar-refractivity contribution in [3.05, 3.63) is 64.5 Å². The zero-order chi connectivity index (χ0) is 21.3. The molecule has 156 valence electrons. The lowest BCUT2D eigenvalue weighted by Crippen LogP contribution is -2.11. The molecule has 0 radical (unpaired) electrons. The van der Waals surface area contributed by atoms with Crippen molar-refractivity contribution in [1.82, 2.24) is 14.5 Å². The average Bonchev–Trinajstić information content (AvgIpc) is 3.12. The molecule has 0 saturated heterocycles. The molecule has 2 aromatic carbocycles. The molecule has 4 aromatic rings. The number of halogens is 3. The van der Waals surface area contributed by atoms with Gasteiger partial charge in [0.1, 0.15) is 11.3 Å². The van der Waals surface area contributed by atoms with E-state index in [1.165, 1.54) is 6.07 Å². The van der Waals surface area contributed by atoms with E-state index in [0.29, 0.717) is 18.6 Å². The summed E-state index contributed by atoms with van der Waals surface area (Å²) >= 11 is 3.52. The quantitative estimate of drug-likeness (QED) is 0.359. The largest absolute Gasteiger partial charge is 0.490 e. The Balaban J connectivity index is 1.44. The van der Waals surface area contributed by atoms with Gasteiger partial charge in [-0.1, -0.05) is 15.9 Å². The van der Waals surface area contributed by atoms with Crippen LogP contribution in [0.5, 0.6) is 5.75 Å². The van der Waals surface area contributed by atoms with Crippen LogP contribution in [0.15, 0.2) is 47.3 Å². The van der Waals surface area contributed by atoms with Crippen LogP contribution in [0.25, 0.3) is 21.9 Å². The predicted octanol–water partition coefficient (Wildman–Crippen LogP) is 5.50. The molecule has 0 saturated carbocycles. The molecule has 4 rings (SSSR count). The maximum atomic E-state index is 14.1. The van der Waals surface area contributed by atoms with Crippen LogP contribution in [0.1, 0.15) is 31.4 Å². The lowest BCUT2D eigenvalue weighted by molar-refractivity contribution is 0.284. The molecular weight excluding hydrogens is 454 g/mol. The highest BCUT2D eigenvalue weighted by atomic mass is 79.9. The second-order valence-electron chi connectivity index (χ2n) is 7.24. The SMILES string of the molecule is CC(N)c1cc(F)cc(F)c1OCCCCn1cnc2cnc3ccc(Br)cc3c21. The fourth-order valence-electron chi connectivity index (χ4n) is 3.53. The Morgan fingerprint density at radius 3 is 2.77 bits per heavy atom. The molecule has 1 atom stereocenters. The van der Waals surface area contributed by atoms with E-state index in [9.17, 15) is 8.78 Å². The van der Waals surface area contributed by atoms with Gasteiger partial charge in [-0.2, -0.15) is 0 Å². The minimum Gasteiger partial charge on any atom is -0.490 e. The van der Waals surface area contributed by atoms with Crippen LogP contribution in [0.2, 0.25) is 0 Å². The molecule has 8 heteroatoms. The third-order valence-electron chi connectivity index (χ3n) is 4.97. The van der Waals surface area contributed by atoms with Crippen LogP contribution < -0.4 is 10.5 Å². The molecule has 0 spiro atoms. The number of nitrogens with zero attached hydrogens (tertiary/aromatic N) is 3. The molecule has 30 heavy (non-hydrogen) atoms. The summed E-state index contributed by atoms with van der Waals surface area (Å²) in [6, 6.07) is 7.48. The summed E-state index contributed by atoms with van der Waals surface area (Å²) in [6.07, 6.45) is 5.08. The van der Waals surface area contributed by atoms with Gasteiger partial charge in [-0.3, -0.25) is 4.98 Å². The van der Waals surface area contributed by atoms with E-state index in [0.717, 1.165) is 45.4 Å². The molecule has 0 aliphatic carbocycles. The Labute approximate surface area is 181 Å². The number of benzene rings is 2. The van der Waals surface area contributed by atoms with Gasteiger partial charge in [0.2, 0.25) is 0 Å². The summed E-state index contributed by atoms with van der Waals surface area (Å²) in [5.41, 5.74) is 8.94. The van der Waals surface area contributed by atoms with Crippen molar-refractivity contribution in [3.8, 4) is 5.75 Å². The minimum atomic E-state index is -0.729. The zero-order valence-corrected chi connectivity index (χ0v) is 18.0. The topological polar surface area (TPSA) is 66.0 Å². The molecular formula is C22H21BrF2N4O. The van der Waals surface area contributed by atoms with Crippen molar-refractivity contribution in [2.24, 2.45) is 5.73 Å². The fraction of sp³-hybridized carbons (Fsp3) is 0.273. The van der Waals surface area contributed by atoms with E-state index < -0.39 is 17.7 Å². The Hall–Kier alpha value is -2.58. The number of aryl methyl sites for hydroxylation is 1. The first kappa shape index (κ1) is 20.7. The van der Waals surface area contributed by atoms with E-state index >= 15 is 0 Å². The maximum Gasteiger partial charge on any atom is 0.168 e. The number of unbranched alkanes of at least 4 members (excludes halogenated alkanes) is 1. The summed E-state index contributed by atoms with van der Waals surface area (Å²) in [7, 11) is 0. The van der Waals surface area contributed by atoms with E-state index in [1.807, 2.05) is 18.2 Å². The van der Waals surface area contributed by atoms with Gasteiger partial charge in [0, 0.05) is 34.1 Å². The van der Waals surface area contributed by atoms with Crippen molar-refractivity contribution >= 4 is 37.9 Å². The smallest absolute Gasteiger partial charge is 0.168 e. The molecule has 0 amide bonds. The number of fused-ring (bicyclic) bond motifs is 3. The monoisotopic (exact) mass is 474 g/mol. The molecule has 0 bridgehead atoms. The van der Waals surface area contributed by atoms with Crippen LogP contribution in [-0.4, -0.2) is 21.1 Å². The van der Waals surface area contributed by atoms with Crippen molar-refractivity contribution < 1.29 is 13.5 Å². The van der Waals surface area contributed by atoms with Gasteiger partial charge in [-0.25, -0.2) is 13.8 Å². The van der Waals surface area contributed by atoms with Crippen LogP contribution in [0.3, 0.4) is 0 Å². The molecule has 0 fully saturated rings. The normalized spacial score (nSPS) is 12.6. The van der Waals surface area contributed by atoms with Crippen LogP contribution in [0, 0.1) is 11.6 Å². The molecule has 0 aliphatic rings. The van der Waals surface area contributed by atoms with Crippen LogP contribution in [0.4, 0.5) is 8.78 Å². The minimum absolute atomic E-state index is 0.0291. The highest BCUT2D eigenvalue weighted by Gasteiger charge is 2.16. The summed E-state index contributed by atoms with van der Waals surface area (Å²) in [4.78, 5) is 8.91. The Morgan fingerprint density at radius 1 is 1.13 bits per heavy atom. The standard InChI is InChI=1S/C22H21BrF2N4O/c1-13(26)16-9-15(24)10-18(25)22(16)30-7-3-2-6-29-12-28-20-11-27-19-5-4-14(23)8-17(19)21(20)29/h4-5,8-13H,2-3,6-7,26H2,1H3. The Morgan fingerprint density at radius 2 is 1.97 bits per heavy atom. The number of rotatable bonds is 7. The van der Waals surface area contributed by atoms with Gasteiger partial charge in [0.05, 0.1) is 30.2 Å². The number of imidazole rings is 1. The van der Waals surface area contributed by atoms with Crippen LogP contribution >= 0.6 is 15.9 Å². The first-order valence-corrected chi connectivity index (χ1v) is 10.5. The number of nitrogens with two attached hydrogens (primary N) is 1. The van der Waals surface area contributed by atoms with E-state index in [4.69, 9.17) is 10.5 Å². The highest BCUT2D eigenvalue weighted by molar-refractivity contribution is 9.10. The van der Waals surface area contributed by atoms with Crippen LogP contribution in [-0.2, 0) is 6.54 Å². The maximum absolute atomic E-state index is 14.1. The number of hydrogen-bond donors (Lipinski definition) is 1. The number of aromatic nitrogens is 3. The third-order valence-corrected chi connectivity index (χ3v) is 5.47. The molecule has 1 unspecified atom stereocenters. The number of hydrogen-bond acceptors (Lipinski definition) is 4. The molecule has 2 heterocycles. The Bertz CT molecular complexity index is 1210. The van der Waals surface area contributed by atoms with E-state index in [-0.39, 0.29) is 5.75 Å². The van der Waals surface area contributed by atoms with Crippen molar-refractivity contribution in [2.45, 2.75) is 32.4 Å². The second kappa shape index (κ2) is 8.65. The van der Waals surface area contributed by atoms with Gasteiger partial charge in [0.15, 0.2) is 11.6 Å². The lowest BCUT2D eigenvalue weighted by atomic mass is 10.1. The predicted molar refractivity (Wildman–Crippen MR) is 116 cm³/mol. The summed E-state index contributed by atoms with van der Waals surface area (Å²) in [5.74, 6) is -1.36. The van der Waals surface area contributed by atoms with E-state index in [2.05, 4.69) is 30.5 Å². The first-order valence-electron chi connectivity index (χ1n) is 9.70. The third kappa shape index (κ3) is 4.15. The molecule has 5 nitrogen and oxygen atoms in total. The molecule has 2 N–H and O–H groups in total. The van der Waals surface area contributed by atoms with Gasteiger partial charge < -0.3 is 15.0 Å². The summed E-state index contributed by atoms with van der Waals surface area (Å²) in [5, 5.41) is 1.03. The van der Waals surface area contributed by atoms with Gasteiger partial charge >= 0.3 is 0 Å². The van der Waals surface area contributed by atoms with Gasteiger partial charge in [0.25, 0.3) is 0 Å². The zero-order valence-electron chi connectivity index (χ0n) is 16.4.